The number of carbonyl (C=O) groups is 2. The first kappa shape index (κ1) is 13.8. The van der Waals surface area contributed by atoms with Crippen molar-refractivity contribution in [2.24, 2.45) is 0 Å². The molecular formula is C10H13NO5S. The third-order valence-electron chi connectivity index (χ3n) is 2.10. The van der Waals surface area contributed by atoms with Gasteiger partial charge in [-0.05, 0) is 6.07 Å². The van der Waals surface area contributed by atoms with Crippen molar-refractivity contribution in [3.8, 4) is 0 Å². The number of aliphatic hydroxyl groups excluding tert-OH is 2. The van der Waals surface area contributed by atoms with Crippen molar-refractivity contribution >= 4 is 22.8 Å². The van der Waals surface area contributed by atoms with Gasteiger partial charge in [0.1, 0.15) is 11.8 Å². The van der Waals surface area contributed by atoms with Gasteiger partial charge >= 0.3 is 5.97 Å². The average molecular weight is 259 g/mol. The van der Waals surface area contributed by atoms with Crippen molar-refractivity contribution in [2.75, 3.05) is 5.75 Å². The molecule has 2 unspecified atom stereocenters. The van der Waals surface area contributed by atoms with Crippen molar-refractivity contribution in [3.63, 3.8) is 0 Å². The Hall–Kier alpha value is -1.31. The highest BCUT2D eigenvalue weighted by Gasteiger charge is 2.21. The first-order valence-corrected chi connectivity index (χ1v) is 5.81. The van der Waals surface area contributed by atoms with E-state index in [0.717, 1.165) is 11.8 Å². The molecule has 17 heavy (non-hydrogen) atoms. The van der Waals surface area contributed by atoms with E-state index in [1.807, 2.05) is 0 Å². The van der Waals surface area contributed by atoms with E-state index in [9.17, 15) is 19.8 Å². The van der Waals surface area contributed by atoms with Gasteiger partial charge < -0.3 is 20.3 Å². The number of carbonyl (C=O) groups excluding carboxylic acids is 1. The summed E-state index contributed by atoms with van der Waals surface area (Å²) >= 11 is 0.900. The van der Waals surface area contributed by atoms with Crippen molar-refractivity contribution in [1.82, 2.24) is 4.98 Å². The van der Waals surface area contributed by atoms with Crippen LogP contribution >= 0.6 is 11.8 Å². The van der Waals surface area contributed by atoms with Gasteiger partial charge in [0.05, 0.1) is 6.10 Å². The number of H-pyrrole nitrogens is 1. The van der Waals surface area contributed by atoms with Crippen LogP contribution in [0.3, 0.4) is 0 Å². The number of carboxylic acid groups (broad SMARTS) is 1. The summed E-state index contributed by atoms with van der Waals surface area (Å²) in [5.41, 5.74) is 0.213. The standard InChI is InChI=1S/C10H13NO5S/c1-5(12)17-4-8(13)9(14)6-2-7(10(15)16)11-3-6/h2-3,8-9,11,13-14H,4H2,1H3,(H,15,16). The largest absolute Gasteiger partial charge is 0.477 e. The van der Waals surface area contributed by atoms with Gasteiger partial charge in [-0.1, -0.05) is 11.8 Å². The molecule has 7 heteroatoms. The van der Waals surface area contributed by atoms with E-state index < -0.39 is 18.2 Å². The molecule has 0 aromatic carbocycles. The van der Waals surface area contributed by atoms with Gasteiger partial charge in [0.15, 0.2) is 5.12 Å². The summed E-state index contributed by atoms with van der Waals surface area (Å²) in [6, 6.07) is 1.24. The summed E-state index contributed by atoms with van der Waals surface area (Å²) in [6.07, 6.45) is -1.02. The molecule has 0 fully saturated rings. The molecule has 94 valence electrons. The normalized spacial score (nSPS) is 14.3. The highest BCUT2D eigenvalue weighted by atomic mass is 32.2. The second-order valence-electron chi connectivity index (χ2n) is 3.47. The van der Waals surface area contributed by atoms with Crippen LogP contribution in [0.15, 0.2) is 12.3 Å². The fourth-order valence-electron chi connectivity index (χ4n) is 1.22. The molecule has 0 bridgehead atoms. The number of hydrogen-bond acceptors (Lipinski definition) is 5. The molecule has 1 rings (SSSR count). The van der Waals surface area contributed by atoms with Gasteiger partial charge in [-0.25, -0.2) is 4.79 Å². The summed E-state index contributed by atoms with van der Waals surface area (Å²) in [4.78, 5) is 23.7. The Balaban J connectivity index is 2.64. The van der Waals surface area contributed by atoms with Crippen LogP contribution in [0.5, 0.6) is 0 Å². The lowest BCUT2D eigenvalue weighted by molar-refractivity contribution is -0.109. The van der Waals surface area contributed by atoms with Gasteiger partial charge in [0.2, 0.25) is 0 Å². The molecule has 2 atom stereocenters. The summed E-state index contributed by atoms with van der Waals surface area (Å²) in [5.74, 6) is -1.08. The third-order valence-corrected chi connectivity index (χ3v) is 3.01. The Labute approximate surface area is 102 Å². The maximum absolute atomic E-state index is 10.7. The Morgan fingerprint density at radius 2 is 2.12 bits per heavy atom. The molecule has 0 aliphatic heterocycles. The molecule has 4 N–H and O–H groups in total. The number of aliphatic hydroxyl groups is 2. The lowest BCUT2D eigenvalue weighted by Gasteiger charge is -2.15. The zero-order chi connectivity index (χ0) is 13.0. The predicted molar refractivity (Wildman–Crippen MR) is 61.9 cm³/mol. The Morgan fingerprint density at radius 3 is 2.59 bits per heavy atom. The maximum atomic E-state index is 10.7. The minimum atomic E-state index is -1.22. The van der Waals surface area contributed by atoms with Crippen molar-refractivity contribution in [2.45, 2.75) is 19.1 Å². The number of carboxylic acids is 1. The minimum absolute atomic E-state index is 0.0596. The fraction of sp³-hybridized carbons (Fsp3) is 0.400. The van der Waals surface area contributed by atoms with E-state index in [0.29, 0.717) is 0 Å². The molecule has 0 aliphatic rings. The lowest BCUT2D eigenvalue weighted by atomic mass is 10.1. The van der Waals surface area contributed by atoms with Crippen LogP contribution in [0.25, 0.3) is 0 Å². The van der Waals surface area contributed by atoms with Crippen LogP contribution in [0.2, 0.25) is 0 Å². The lowest BCUT2D eigenvalue weighted by Crippen LogP contribution is -2.21. The molecule has 6 nitrogen and oxygen atoms in total. The van der Waals surface area contributed by atoms with E-state index in [4.69, 9.17) is 5.11 Å². The highest BCUT2D eigenvalue weighted by Crippen LogP contribution is 2.20. The Morgan fingerprint density at radius 1 is 1.47 bits per heavy atom. The molecular weight excluding hydrogens is 246 g/mol. The van der Waals surface area contributed by atoms with Crippen LogP contribution in [0, 0.1) is 0 Å². The Kier molecular flexibility index (Phi) is 4.73. The number of thioether (sulfide) groups is 1. The van der Waals surface area contributed by atoms with Gasteiger partial charge in [0.25, 0.3) is 0 Å². The van der Waals surface area contributed by atoms with Gasteiger partial charge in [-0.3, -0.25) is 4.79 Å². The maximum Gasteiger partial charge on any atom is 0.352 e. The van der Waals surface area contributed by atoms with Crippen LogP contribution in [-0.2, 0) is 4.79 Å². The highest BCUT2D eigenvalue weighted by molar-refractivity contribution is 8.13. The van der Waals surface area contributed by atoms with Crippen LogP contribution in [0.1, 0.15) is 29.1 Å². The molecule has 0 aliphatic carbocycles. The zero-order valence-electron chi connectivity index (χ0n) is 9.08. The first-order valence-electron chi connectivity index (χ1n) is 4.83. The van der Waals surface area contributed by atoms with Crippen molar-refractivity contribution in [1.29, 1.82) is 0 Å². The van der Waals surface area contributed by atoms with E-state index >= 15 is 0 Å². The summed E-state index contributed by atoms with van der Waals surface area (Å²) in [7, 11) is 0. The number of aromatic amines is 1. The van der Waals surface area contributed by atoms with Crippen molar-refractivity contribution in [3.05, 3.63) is 23.5 Å². The Bertz CT molecular complexity index is 417. The third kappa shape index (κ3) is 3.88. The van der Waals surface area contributed by atoms with Crippen LogP contribution in [-0.4, -0.2) is 43.2 Å². The summed E-state index contributed by atoms with van der Waals surface area (Å²) in [5, 5.41) is 27.8. The summed E-state index contributed by atoms with van der Waals surface area (Å²) < 4.78 is 0. The van der Waals surface area contributed by atoms with E-state index in [1.165, 1.54) is 19.2 Å². The summed E-state index contributed by atoms with van der Waals surface area (Å²) in [6.45, 7) is 1.36. The predicted octanol–water partition coefficient (Wildman–Crippen LogP) is 0.387. The molecule has 1 heterocycles. The van der Waals surface area contributed by atoms with Crippen molar-refractivity contribution < 1.29 is 24.9 Å². The van der Waals surface area contributed by atoms with E-state index in [2.05, 4.69) is 4.98 Å². The van der Waals surface area contributed by atoms with Gasteiger partial charge in [-0.2, -0.15) is 0 Å². The number of hydrogen-bond donors (Lipinski definition) is 4. The molecule has 0 spiro atoms. The van der Waals surface area contributed by atoms with E-state index in [-0.39, 0.29) is 22.1 Å². The molecule has 0 amide bonds. The average Bonchev–Trinajstić information content (AvgIpc) is 2.73. The number of aromatic carboxylic acids is 1. The topological polar surface area (TPSA) is 111 Å². The first-order chi connectivity index (χ1) is 7.91. The van der Waals surface area contributed by atoms with Crippen LogP contribution in [0.4, 0.5) is 0 Å². The number of rotatable bonds is 5. The minimum Gasteiger partial charge on any atom is -0.477 e. The molecule has 0 saturated heterocycles. The second-order valence-corrected chi connectivity index (χ2v) is 4.66. The van der Waals surface area contributed by atoms with Gasteiger partial charge in [-0.15, -0.1) is 0 Å². The fourth-order valence-corrected chi connectivity index (χ4v) is 1.81. The zero-order valence-corrected chi connectivity index (χ0v) is 9.90. The van der Waals surface area contributed by atoms with Gasteiger partial charge in [0, 0.05) is 24.4 Å². The monoisotopic (exact) mass is 259 g/mol. The van der Waals surface area contributed by atoms with E-state index in [1.54, 1.807) is 0 Å². The van der Waals surface area contributed by atoms with Crippen LogP contribution < -0.4 is 0 Å². The molecule has 1 aromatic rings. The molecule has 0 saturated carbocycles. The number of nitrogens with one attached hydrogen (secondary N) is 1. The molecule has 0 radical (unpaired) electrons. The molecule has 1 aromatic heterocycles. The quantitative estimate of drug-likeness (QED) is 0.608. The SMILES string of the molecule is CC(=O)SCC(O)C(O)c1c[nH]c(C(=O)O)c1. The smallest absolute Gasteiger partial charge is 0.352 e. The second kappa shape index (κ2) is 5.85. The number of aromatic nitrogens is 1.